The molecule has 0 aliphatic carbocycles. The highest BCUT2D eigenvalue weighted by Crippen LogP contribution is 2.08. The molecule has 8 nitrogen and oxygen atoms in total. The Balaban J connectivity index is 5.26. The van der Waals surface area contributed by atoms with Gasteiger partial charge < -0.3 is 21.1 Å². The summed E-state index contributed by atoms with van der Waals surface area (Å²) in [5.74, 6) is -1.13. The molecule has 0 bridgehead atoms. The fraction of sp³-hybridized carbons (Fsp3) is 0.789. The molecule has 3 unspecified atom stereocenters. The van der Waals surface area contributed by atoms with Crippen LogP contribution in [-0.4, -0.2) is 65.4 Å². The second-order valence-electron chi connectivity index (χ2n) is 7.53. The Labute approximate surface area is 172 Å². The second-order valence-corrected chi connectivity index (χ2v) is 8.51. The topological polar surface area (TPSA) is 125 Å². The van der Waals surface area contributed by atoms with Gasteiger partial charge in [-0.2, -0.15) is 11.8 Å². The average molecular weight is 418 g/mol. The summed E-state index contributed by atoms with van der Waals surface area (Å²) < 4.78 is 0. The lowest BCUT2D eigenvalue weighted by atomic mass is 9.99. The number of ketones is 1. The molecule has 0 spiro atoms. The van der Waals surface area contributed by atoms with Crippen molar-refractivity contribution < 1.29 is 24.3 Å². The maximum atomic E-state index is 12.7. The maximum Gasteiger partial charge on any atom is 0.243 e. The molecule has 0 heterocycles. The monoisotopic (exact) mass is 417 g/mol. The van der Waals surface area contributed by atoms with Crippen LogP contribution < -0.4 is 16.0 Å². The zero-order valence-corrected chi connectivity index (χ0v) is 18.5. The SMILES string of the molecule is CSCCC(NC(C)=O)C(=O)NC(CC(C)C)C(=O)NC(CO)C(=O)C(C)C. The van der Waals surface area contributed by atoms with Crippen molar-refractivity contribution >= 4 is 35.3 Å². The zero-order valence-electron chi connectivity index (χ0n) is 17.7. The molecule has 9 heteroatoms. The Bertz CT molecular complexity index is 540. The van der Waals surface area contributed by atoms with E-state index in [1.807, 2.05) is 20.1 Å². The van der Waals surface area contributed by atoms with E-state index in [4.69, 9.17) is 0 Å². The van der Waals surface area contributed by atoms with Crippen LogP contribution in [0.25, 0.3) is 0 Å². The maximum absolute atomic E-state index is 12.7. The number of hydrogen-bond donors (Lipinski definition) is 4. The lowest BCUT2D eigenvalue weighted by Crippen LogP contribution is -2.56. The number of aliphatic hydroxyl groups is 1. The highest BCUT2D eigenvalue weighted by atomic mass is 32.2. The van der Waals surface area contributed by atoms with Gasteiger partial charge in [0.15, 0.2) is 5.78 Å². The van der Waals surface area contributed by atoms with E-state index in [2.05, 4.69) is 16.0 Å². The lowest BCUT2D eigenvalue weighted by Gasteiger charge is -2.26. The molecule has 0 fully saturated rings. The van der Waals surface area contributed by atoms with Gasteiger partial charge in [0, 0.05) is 12.8 Å². The predicted octanol–water partition coefficient (Wildman–Crippen LogP) is 0.477. The molecule has 162 valence electrons. The van der Waals surface area contributed by atoms with E-state index >= 15 is 0 Å². The molecule has 0 saturated heterocycles. The Morgan fingerprint density at radius 2 is 1.43 bits per heavy atom. The lowest BCUT2D eigenvalue weighted by molar-refractivity contribution is -0.134. The third-order valence-corrected chi connectivity index (χ3v) is 4.70. The van der Waals surface area contributed by atoms with Crippen LogP contribution in [0.2, 0.25) is 0 Å². The number of carbonyl (C=O) groups excluding carboxylic acids is 4. The molecule has 3 atom stereocenters. The van der Waals surface area contributed by atoms with Gasteiger partial charge in [-0.05, 0) is 30.8 Å². The van der Waals surface area contributed by atoms with Crippen LogP contribution in [0.3, 0.4) is 0 Å². The van der Waals surface area contributed by atoms with E-state index in [1.165, 1.54) is 6.92 Å². The minimum Gasteiger partial charge on any atom is -0.394 e. The molecule has 4 N–H and O–H groups in total. The first kappa shape index (κ1) is 26.4. The smallest absolute Gasteiger partial charge is 0.243 e. The molecule has 0 aromatic heterocycles. The molecule has 0 saturated carbocycles. The molecule has 0 rings (SSSR count). The third-order valence-electron chi connectivity index (χ3n) is 4.06. The number of nitrogens with one attached hydrogen (secondary N) is 3. The fourth-order valence-corrected chi connectivity index (χ4v) is 3.08. The minimum atomic E-state index is -1.01. The predicted molar refractivity (Wildman–Crippen MR) is 111 cm³/mol. The van der Waals surface area contributed by atoms with Gasteiger partial charge in [0.2, 0.25) is 17.7 Å². The Hall–Kier alpha value is -1.61. The summed E-state index contributed by atoms with van der Waals surface area (Å²) in [5, 5.41) is 17.3. The van der Waals surface area contributed by atoms with E-state index in [1.54, 1.807) is 25.6 Å². The van der Waals surface area contributed by atoms with Gasteiger partial charge in [0.05, 0.1) is 6.61 Å². The number of thioether (sulfide) groups is 1. The van der Waals surface area contributed by atoms with Gasteiger partial charge in [-0.15, -0.1) is 0 Å². The van der Waals surface area contributed by atoms with Gasteiger partial charge >= 0.3 is 0 Å². The van der Waals surface area contributed by atoms with Crippen LogP contribution in [0.5, 0.6) is 0 Å². The van der Waals surface area contributed by atoms with Crippen LogP contribution in [0, 0.1) is 11.8 Å². The van der Waals surface area contributed by atoms with Crippen LogP contribution in [0.15, 0.2) is 0 Å². The van der Waals surface area contributed by atoms with Crippen molar-refractivity contribution in [1.29, 1.82) is 0 Å². The average Bonchev–Trinajstić information content (AvgIpc) is 2.60. The summed E-state index contributed by atoms with van der Waals surface area (Å²) in [7, 11) is 0. The zero-order chi connectivity index (χ0) is 21.9. The summed E-state index contributed by atoms with van der Waals surface area (Å²) in [6.45, 7) is 8.03. The highest BCUT2D eigenvalue weighted by Gasteiger charge is 2.30. The van der Waals surface area contributed by atoms with E-state index in [0.717, 1.165) is 0 Å². The minimum absolute atomic E-state index is 0.106. The van der Waals surface area contributed by atoms with Crippen molar-refractivity contribution in [1.82, 2.24) is 16.0 Å². The summed E-state index contributed by atoms with van der Waals surface area (Å²) in [6, 6.07) is -2.62. The van der Waals surface area contributed by atoms with Gasteiger partial charge in [-0.25, -0.2) is 0 Å². The van der Waals surface area contributed by atoms with E-state index < -0.39 is 36.5 Å². The first-order valence-corrected chi connectivity index (χ1v) is 10.9. The molecule has 3 amide bonds. The van der Waals surface area contributed by atoms with E-state index in [-0.39, 0.29) is 23.5 Å². The van der Waals surface area contributed by atoms with Crippen molar-refractivity contribution in [2.75, 3.05) is 18.6 Å². The summed E-state index contributed by atoms with van der Waals surface area (Å²) >= 11 is 1.55. The van der Waals surface area contributed by atoms with Crippen LogP contribution in [-0.2, 0) is 19.2 Å². The standard InChI is InChI=1S/C19H35N3O5S/c1-11(2)9-15(19(27)22-16(10-23)17(25)12(3)4)21-18(26)14(7-8-28-6)20-13(5)24/h11-12,14-16,23H,7-10H2,1-6H3,(H,20,24)(H,21,26)(H,22,27). The number of carbonyl (C=O) groups is 4. The molecule has 28 heavy (non-hydrogen) atoms. The Morgan fingerprint density at radius 3 is 1.86 bits per heavy atom. The van der Waals surface area contributed by atoms with E-state index in [0.29, 0.717) is 18.6 Å². The van der Waals surface area contributed by atoms with Gasteiger partial charge in [0.1, 0.15) is 18.1 Å². The summed E-state index contributed by atoms with van der Waals surface area (Å²) in [5.41, 5.74) is 0. The first-order valence-electron chi connectivity index (χ1n) is 9.54. The molecule has 0 radical (unpaired) electrons. The van der Waals surface area contributed by atoms with Gasteiger partial charge in [-0.3, -0.25) is 19.2 Å². The molecule has 0 aliphatic heterocycles. The van der Waals surface area contributed by atoms with Crippen LogP contribution >= 0.6 is 11.8 Å². The molecule has 0 aliphatic rings. The summed E-state index contributed by atoms with van der Waals surface area (Å²) in [4.78, 5) is 48.8. The van der Waals surface area contributed by atoms with Crippen molar-refractivity contribution in [2.24, 2.45) is 11.8 Å². The van der Waals surface area contributed by atoms with Crippen molar-refractivity contribution in [3.8, 4) is 0 Å². The number of aliphatic hydroxyl groups excluding tert-OH is 1. The molecular formula is C19H35N3O5S. The van der Waals surface area contributed by atoms with Crippen molar-refractivity contribution in [3.05, 3.63) is 0 Å². The fourth-order valence-electron chi connectivity index (χ4n) is 2.61. The normalized spacial score (nSPS) is 14.3. The van der Waals surface area contributed by atoms with Gasteiger partial charge in [0.25, 0.3) is 0 Å². The van der Waals surface area contributed by atoms with Crippen LogP contribution in [0.1, 0.15) is 47.5 Å². The first-order chi connectivity index (χ1) is 13.0. The van der Waals surface area contributed by atoms with Crippen LogP contribution in [0.4, 0.5) is 0 Å². The highest BCUT2D eigenvalue weighted by molar-refractivity contribution is 7.98. The summed E-state index contributed by atoms with van der Waals surface area (Å²) in [6.07, 6.45) is 2.70. The Kier molecular flexibility index (Phi) is 12.8. The largest absolute Gasteiger partial charge is 0.394 e. The number of hydrogen-bond acceptors (Lipinski definition) is 6. The number of Topliss-reactive ketones (excluding diaryl/α,β-unsaturated/α-hetero) is 1. The third kappa shape index (κ3) is 10.1. The quantitative estimate of drug-likeness (QED) is 0.345. The molecule has 0 aromatic rings. The van der Waals surface area contributed by atoms with Crippen molar-refractivity contribution in [3.63, 3.8) is 0 Å². The van der Waals surface area contributed by atoms with Gasteiger partial charge in [-0.1, -0.05) is 27.7 Å². The molecular weight excluding hydrogens is 382 g/mol. The van der Waals surface area contributed by atoms with Crippen molar-refractivity contribution in [2.45, 2.75) is 65.6 Å². The second kappa shape index (κ2) is 13.5. The number of amides is 3. The number of rotatable bonds is 13. The Morgan fingerprint density at radius 1 is 0.893 bits per heavy atom. The van der Waals surface area contributed by atoms with E-state index in [9.17, 15) is 24.3 Å². The molecule has 0 aromatic carbocycles.